The molecule has 0 saturated carbocycles. The van der Waals surface area contributed by atoms with Gasteiger partial charge in [0.1, 0.15) is 42.3 Å². The molecule has 1 aromatic rings. The number of carbonyl (C=O) groups is 13. The number of aromatic nitrogens is 2. The van der Waals surface area contributed by atoms with Crippen LogP contribution in [-0.4, -0.2) is 174 Å². The molecule has 18 N–H and O–H groups in total. The van der Waals surface area contributed by atoms with E-state index in [4.69, 9.17) is 21.7 Å². The summed E-state index contributed by atoms with van der Waals surface area (Å²) >= 11 is 0. The van der Waals surface area contributed by atoms with Crippen molar-refractivity contribution >= 4 is 77.0 Å². The van der Waals surface area contributed by atoms with Crippen LogP contribution in [0.1, 0.15) is 78.3 Å². The fourth-order valence-corrected chi connectivity index (χ4v) is 6.08. The van der Waals surface area contributed by atoms with Crippen LogP contribution >= 0.6 is 0 Å². The number of aliphatic carboxylic acids is 4. The molecule has 8 atom stereocenters. The summed E-state index contributed by atoms with van der Waals surface area (Å²) in [6, 6.07) is -12.8. The van der Waals surface area contributed by atoms with Gasteiger partial charge in [0.05, 0.1) is 31.9 Å². The fourth-order valence-electron chi connectivity index (χ4n) is 6.08. The van der Waals surface area contributed by atoms with Crippen molar-refractivity contribution in [2.75, 3.05) is 13.2 Å². The highest BCUT2D eigenvalue weighted by Gasteiger charge is 2.35. The number of H-pyrrole nitrogens is 1. The molecule has 0 unspecified atom stereocenters. The summed E-state index contributed by atoms with van der Waals surface area (Å²) in [6.45, 7) is 4.24. The lowest BCUT2D eigenvalue weighted by atomic mass is 9.98. The van der Waals surface area contributed by atoms with Crippen molar-refractivity contribution in [3.05, 3.63) is 18.2 Å². The van der Waals surface area contributed by atoms with E-state index in [9.17, 15) is 77.6 Å². The molecule has 0 spiro atoms. The monoisotopic (exact) mass is 998 g/mol. The average molecular weight is 999 g/mol. The van der Waals surface area contributed by atoms with Gasteiger partial charge in [-0.05, 0) is 31.1 Å². The number of carboxylic acids is 4. The van der Waals surface area contributed by atoms with E-state index in [-0.39, 0.29) is 12.1 Å². The molecule has 1 aromatic heterocycles. The minimum atomic E-state index is -2.02. The number of carbonyl (C=O) groups excluding carboxylic acids is 9. The van der Waals surface area contributed by atoms with Gasteiger partial charge in [-0.1, -0.05) is 27.7 Å². The molecule has 0 aliphatic carbocycles. The maximum absolute atomic E-state index is 13.7. The number of nitrogens with zero attached hydrogens (tertiary/aromatic N) is 1. The molecule has 0 aliphatic rings. The van der Waals surface area contributed by atoms with E-state index in [0.717, 1.165) is 0 Å². The molecule has 30 heteroatoms. The molecule has 70 heavy (non-hydrogen) atoms. The summed E-state index contributed by atoms with van der Waals surface area (Å²) in [6.07, 6.45) is -2.00. The van der Waals surface area contributed by atoms with Crippen LogP contribution in [-0.2, 0) is 68.7 Å². The lowest BCUT2D eigenvalue weighted by Gasteiger charge is -2.29. The number of amides is 9. The first-order chi connectivity index (χ1) is 32.7. The lowest BCUT2D eigenvalue weighted by molar-refractivity contribution is -0.144. The third-order valence-corrected chi connectivity index (χ3v) is 9.95. The average Bonchev–Trinajstić information content (AvgIpc) is 3.79. The first-order valence-electron chi connectivity index (χ1n) is 21.6. The molecule has 30 nitrogen and oxygen atoms in total. The Bertz CT molecular complexity index is 2050. The Kier molecular flexibility index (Phi) is 25.7. The normalized spacial score (nSPS) is 14.4. The largest absolute Gasteiger partial charge is 0.481 e. The van der Waals surface area contributed by atoms with Gasteiger partial charge in [-0.2, -0.15) is 0 Å². The van der Waals surface area contributed by atoms with Gasteiger partial charge in [0, 0.05) is 37.6 Å². The molecular formula is C40H62N12O18. The molecule has 0 fully saturated rings. The van der Waals surface area contributed by atoms with Gasteiger partial charge in [0.2, 0.25) is 53.2 Å². The Labute approximate surface area is 399 Å². The van der Waals surface area contributed by atoms with E-state index in [1.165, 1.54) is 12.5 Å². The number of aromatic amines is 1. The van der Waals surface area contributed by atoms with Crippen molar-refractivity contribution in [3.8, 4) is 0 Å². The highest BCUT2D eigenvalue weighted by atomic mass is 16.4. The van der Waals surface area contributed by atoms with Crippen LogP contribution < -0.4 is 54.0 Å². The van der Waals surface area contributed by atoms with Crippen LogP contribution in [0.15, 0.2) is 12.5 Å². The summed E-state index contributed by atoms with van der Waals surface area (Å²) in [4.78, 5) is 170. The van der Waals surface area contributed by atoms with Gasteiger partial charge in [-0.15, -0.1) is 0 Å². The highest BCUT2D eigenvalue weighted by Crippen LogP contribution is 2.10. The van der Waals surface area contributed by atoms with Crippen molar-refractivity contribution in [1.29, 1.82) is 0 Å². The van der Waals surface area contributed by atoms with Crippen molar-refractivity contribution < 1.29 is 87.9 Å². The van der Waals surface area contributed by atoms with Crippen molar-refractivity contribution in [3.63, 3.8) is 0 Å². The van der Waals surface area contributed by atoms with Gasteiger partial charge in [0.25, 0.3) is 0 Å². The van der Waals surface area contributed by atoms with Gasteiger partial charge >= 0.3 is 23.9 Å². The van der Waals surface area contributed by atoms with E-state index < -0.39 is 195 Å². The van der Waals surface area contributed by atoms with E-state index >= 15 is 0 Å². The Balaban J connectivity index is 3.29. The van der Waals surface area contributed by atoms with Crippen LogP contribution in [0.2, 0.25) is 0 Å². The molecule has 390 valence electrons. The summed E-state index contributed by atoms with van der Waals surface area (Å²) in [5, 5.41) is 64.1. The van der Waals surface area contributed by atoms with E-state index in [2.05, 4.69) is 47.2 Å². The fraction of sp³-hybridized carbons (Fsp3) is 0.600. The summed E-state index contributed by atoms with van der Waals surface area (Å²) in [7, 11) is 0. The first-order valence-corrected chi connectivity index (χ1v) is 21.6. The number of nitrogens with one attached hydrogen (secondary N) is 9. The molecule has 0 bridgehead atoms. The maximum Gasteiger partial charge on any atom is 0.328 e. The SMILES string of the molecule is CC(C)[C@H](NC(=O)[C@@H](NC(=O)[C@@H](N)CCC(=O)O)C(C)C)C(=O)N[C@@H](CCC(N)=O)C(=O)NCC(=O)N[C@@H](Cc1cnc[nH]1)C(=O)N[C@@H](CC(=O)O)C(=O)N[C@@H](CCC(=O)O)C(=O)N[C@@H](CO)C(=O)O. The maximum atomic E-state index is 13.7. The predicted octanol–water partition coefficient (Wildman–Crippen LogP) is -6.35. The van der Waals surface area contributed by atoms with Gasteiger partial charge in [-0.3, -0.25) is 57.5 Å². The zero-order chi connectivity index (χ0) is 53.4. The Morgan fingerprint density at radius 1 is 0.571 bits per heavy atom. The number of primary amides is 1. The number of aliphatic hydroxyl groups is 1. The van der Waals surface area contributed by atoms with Crippen LogP contribution in [0.3, 0.4) is 0 Å². The number of carboxylic acid groups (broad SMARTS) is 4. The lowest BCUT2D eigenvalue weighted by Crippen LogP contribution is -2.60. The predicted molar refractivity (Wildman–Crippen MR) is 236 cm³/mol. The second kappa shape index (κ2) is 29.9. The molecule has 1 heterocycles. The second-order valence-corrected chi connectivity index (χ2v) is 16.4. The third kappa shape index (κ3) is 22.4. The van der Waals surface area contributed by atoms with Crippen LogP contribution in [0.25, 0.3) is 0 Å². The first kappa shape index (κ1) is 60.3. The van der Waals surface area contributed by atoms with Crippen molar-refractivity contribution in [2.45, 2.75) is 127 Å². The van der Waals surface area contributed by atoms with E-state index in [1.54, 1.807) is 27.7 Å². The van der Waals surface area contributed by atoms with Crippen LogP contribution in [0.5, 0.6) is 0 Å². The number of imidazole rings is 1. The molecule has 0 saturated heterocycles. The Hall–Kier alpha value is -7.76. The zero-order valence-electron chi connectivity index (χ0n) is 38.6. The Morgan fingerprint density at radius 2 is 1.04 bits per heavy atom. The van der Waals surface area contributed by atoms with Gasteiger partial charge in [0.15, 0.2) is 0 Å². The molecule has 0 radical (unpaired) electrons. The highest BCUT2D eigenvalue weighted by molar-refractivity contribution is 5.98. The zero-order valence-corrected chi connectivity index (χ0v) is 38.6. The minimum absolute atomic E-state index is 0.216. The van der Waals surface area contributed by atoms with E-state index in [0.29, 0.717) is 0 Å². The quantitative estimate of drug-likeness (QED) is 0.0311. The van der Waals surface area contributed by atoms with Gasteiger partial charge in [-0.25, -0.2) is 9.78 Å². The standard InChI is InChI=1S/C40H62N12O18/c1-17(2)31(52-39(68)32(18(3)4)51-33(62)20(41)5-9-28(56)57)38(67)48-21(6-8-26(42)54)34(63)44-14-27(55)46-23(11-19-13-43-16-45-19)36(65)49-24(12-30(60)61)37(66)47-22(7-10-29(58)59)35(64)50-25(15-53)40(69)70/h13,16-18,20-25,31-32,53H,5-12,14-15,41H2,1-4H3,(H2,42,54)(H,43,45)(H,44,63)(H,46,55)(H,47,66)(H,48,67)(H,49,65)(H,50,64)(H,51,62)(H,52,68)(H,56,57)(H,58,59)(H,60,61)(H,69,70)/t20-,21-,22-,23-,24-,25-,31-,32-/m0/s1. The van der Waals surface area contributed by atoms with Crippen molar-refractivity contribution in [1.82, 2.24) is 52.5 Å². The summed E-state index contributed by atoms with van der Waals surface area (Å²) in [5.74, 6) is -16.7. The van der Waals surface area contributed by atoms with E-state index in [1.807, 2.05) is 5.32 Å². The number of hydrogen-bond donors (Lipinski definition) is 16. The molecule has 9 amide bonds. The summed E-state index contributed by atoms with van der Waals surface area (Å²) in [5.41, 5.74) is 11.3. The number of aliphatic hydroxyl groups excluding tert-OH is 1. The second-order valence-electron chi connectivity index (χ2n) is 16.4. The summed E-state index contributed by atoms with van der Waals surface area (Å²) < 4.78 is 0. The van der Waals surface area contributed by atoms with Crippen LogP contribution in [0, 0.1) is 11.8 Å². The third-order valence-electron chi connectivity index (χ3n) is 9.95. The number of hydrogen-bond acceptors (Lipinski definition) is 16. The molecule has 0 aliphatic heterocycles. The van der Waals surface area contributed by atoms with Crippen molar-refractivity contribution in [2.24, 2.45) is 23.3 Å². The topological polar surface area (TPSA) is 500 Å². The minimum Gasteiger partial charge on any atom is -0.481 e. The molecular weight excluding hydrogens is 937 g/mol. The molecule has 1 rings (SSSR count). The Morgan fingerprint density at radius 3 is 1.54 bits per heavy atom. The number of nitrogens with two attached hydrogens (primary N) is 2. The van der Waals surface area contributed by atoms with Crippen LogP contribution in [0.4, 0.5) is 0 Å². The smallest absolute Gasteiger partial charge is 0.328 e. The number of rotatable bonds is 33. The van der Waals surface area contributed by atoms with Gasteiger partial charge < -0.3 is 84.5 Å². The molecule has 0 aromatic carbocycles.